The molecule has 2 amide bonds. The minimum absolute atomic E-state index is 0.0875. The van der Waals surface area contributed by atoms with E-state index in [1.54, 1.807) is 18.2 Å². The second-order valence-corrected chi connectivity index (χ2v) is 4.19. The van der Waals surface area contributed by atoms with Gasteiger partial charge in [-0.3, -0.25) is 4.79 Å². The van der Waals surface area contributed by atoms with Gasteiger partial charge in [0.05, 0.1) is 13.0 Å². The highest BCUT2D eigenvalue weighted by Crippen LogP contribution is 2.34. The van der Waals surface area contributed by atoms with E-state index in [0.717, 1.165) is 0 Å². The quantitative estimate of drug-likeness (QED) is 0.635. The third-order valence-electron chi connectivity index (χ3n) is 2.62. The van der Waals surface area contributed by atoms with Crippen LogP contribution in [0.5, 0.6) is 17.2 Å². The van der Waals surface area contributed by atoms with E-state index < -0.39 is 12.0 Å². The lowest BCUT2D eigenvalue weighted by Gasteiger charge is -2.09. The van der Waals surface area contributed by atoms with Crippen LogP contribution >= 0.6 is 0 Å². The summed E-state index contributed by atoms with van der Waals surface area (Å²) in [5.41, 5.74) is 0. The van der Waals surface area contributed by atoms with Gasteiger partial charge < -0.3 is 30.0 Å². The van der Waals surface area contributed by atoms with Crippen molar-refractivity contribution in [2.45, 2.75) is 6.42 Å². The van der Waals surface area contributed by atoms with Gasteiger partial charge in [-0.05, 0) is 12.1 Å². The van der Waals surface area contributed by atoms with E-state index in [1.165, 1.54) is 0 Å². The molecule has 1 aliphatic heterocycles. The first-order chi connectivity index (χ1) is 10.1. The lowest BCUT2D eigenvalue weighted by atomic mass is 10.3. The van der Waals surface area contributed by atoms with Gasteiger partial charge in [0.15, 0.2) is 11.5 Å². The molecule has 8 heteroatoms. The Labute approximate surface area is 121 Å². The maximum absolute atomic E-state index is 11.3. The first kappa shape index (κ1) is 14.8. The van der Waals surface area contributed by atoms with E-state index in [0.29, 0.717) is 23.8 Å². The van der Waals surface area contributed by atoms with E-state index in [4.69, 9.17) is 19.3 Å². The second-order valence-electron chi connectivity index (χ2n) is 4.19. The van der Waals surface area contributed by atoms with Crippen LogP contribution in [0, 0.1) is 0 Å². The molecule has 0 spiro atoms. The molecule has 0 aromatic heterocycles. The SMILES string of the molecule is O=C(O)CCNC(=O)NCCOc1ccc2c(c1)OCO2. The lowest BCUT2D eigenvalue weighted by Crippen LogP contribution is -2.38. The zero-order valence-corrected chi connectivity index (χ0v) is 11.3. The average Bonchev–Trinajstić information content (AvgIpc) is 2.90. The van der Waals surface area contributed by atoms with Crippen molar-refractivity contribution in [2.75, 3.05) is 26.5 Å². The van der Waals surface area contributed by atoms with Crippen LogP contribution in [0.4, 0.5) is 4.79 Å². The third kappa shape index (κ3) is 4.75. The number of urea groups is 1. The first-order valence-electron chi connectivity index (χ1n) is 6.41. The number of fused-ring (bicyclic) bond motifs is 1. The van der Waals surface area contributed by atoms with E-state index >= 15 is 0 Å². The van der Waals surface area contributed by atoms with Crippen LogP contribution in [0.15, 0.2) is 18.2 Å². The van der Waals surface area contributed by atoms with Gasteiger partial charge in [0.2, 0.25) is 6.79 Å². The zero-order valence-electron chi connectivity index (χ0n) is 11.3. The molecular weight excluding hydrogens is 280 g/mol. The Hall–Kier alpha value is -2.64. The van der Waals surface area contributed by atoms with Gasteiger partial charge in [0.25, 0.3) is 0 Å². The number of nitrogens with one attached hydrogen (secondary N) is 2. The number of hydrogen-bond donors (Lipinski definition) is 3. The number of carboxylic acid groups (broad SMARTS) is 1. The monoisotopic (exact) mass is 296 g/mol. The number of carbonyl (C=O) groups excluding carboxylic acids is 1. The highest BCUT2D eigenvalue weighted by Gasteiger charge is 2.13. The van der Waals surface area contributed by atoms with Gasteiger partial charge >= 0.3 is 12.0 Å². The zero-order chi connectivity index (χ0) is 15.1. The Balaban J connectivity index is 1.61. The van der Waals surface area contributed by atoms with E-state index in [-0.39, 0.29) is 26.4 Å². The summed E-state index contributed by atoms with van der Waals surface area (Å²) < 4.78 is 15.8. The molecular formula is C13H16N2O6. The van der Waals surface area contributed by atoms with Crippen molar-refractivity contribution in [3.8, 4) is 17.2 Å². The summed E-state index contributed by atoms with van der Waals surface area (Å²) in [5.74, 6) is 0.971. The summed E-state index contributed by atoms with van der Waals surface area (Å²) >= 11 is 0. The standard InChI is InChI=1S/C13H16N2O6/c16-12(17)3-4-14-13(18)15-5-6-19-9-1-2-10-11(7-9)21-8-20-10/h1-2,7H,3-6,8H2,(H,16,17)(H2,14,15,18). The van der Waals surface area contributed by atoms with Crippen LogP contribution in [0.1, 0.15) is 6.42 Å². The number of carbonyl (C=O) groups is 2. The van der Waals surface area contributed by atoms with Gasteiger partial charge in [-0.25, -0.2) is 4.79 Å². The summed E-state index contributed by atoms with van der Waals surface area (Å²) in [6, 6.07) is 4.80. The summed E-state index contributed by atoms with van der Waals surface area (Å²) in [6.07, 6.45) is -0.110. The molecule has 0 aliphatic carbocycles. The number of hydrogen-bond acceptors (Lipinski definition) is 5. The molecule has 1 aromatic rings. The summed E-state index contributed by atoms with van der Waals surface area (Å²) in [6.45, 7) is 0.875. The molecule has 0 bridgehead atoms. The minimum Gasteiger partial charge on any atom is -0.492 e. The number of aliphatic carboxylic acids is 1. The number of amides is 2. The van der Waals surface area contributed by atoms with Gasteiger partial charge in [-0.1, -0.05) is 0 Å². The molecule has 2 rings (SSSR count). The topological polar surface area (TPSA) is 106 Å². The molecule has 1 heterocycles. The molecule has 1 aromatic carbocycles. The van der Waals surface area contributed by atoms with Crippen molar-refractivity contribution >= 4 is 12.0 Å². The highest BCUT2D eigenvalue weighted by molar-refractivity contribution is 5.74. The van der Waals surface area contributed by atoms with Crippen LogP contribution in [0.2, 0.25) is 0 Å². The van der Waals surface area contributed by atoms with Crippen molar-refractivity contribution < 1.29 is 28.9 Å². The summed E-state index contributed by atoms with van der Waals surface area (Å²) in [7, 11) is 0. The molecule has 114 valence electrons. The van der Waals surface area contributed by atoms with Crippen LogP contribution in [0.3, 0.4) is 0 Å². The predicted octanol–water partition coefficient (Wildman–Crippen LogP) is 0.568. The molecule has 0 fully saturated rings. The van der Waals surface area contributed by atoms with Gasteiger partial charge in [-0.15, -0.1) is 0 Å². The molecule has 0 unspecified atom stereocenters. The fourth-order valence-electron chi connectivity index (χ4n) is 1.65. The molecule has 0 saturated carbocycles. The summed E-state index contributed by atoms with van der Waals surface area (Å²) in [4.78, 5) is 21.5. The Bertz CT molecular complexity index is 519. The van der Waals surface area contributed by atoms with Crippen LogP contribution in [0.25, 0.3) is 0 Å². The highest BCUT2D eigenvalue weighted by atomic mass is 16.7. The molecule has 21 heavy (non-hydrogen) atoms. The van der Waals surface area contributed by atoms with Crippen molar-refractivity contribution in [1.82, 2.24) is 10.6 Å². The largest absolute Gasteiger partial charge is 0.492 e. The Kier molecular flexibility index (Phi) is 5.08. The fraction of sp³-hybridized carbons (Fsp3) is 0.385. The van der Waals surface area contributed by atoms with E-state index in [1.807, 2.05) is 0 Å². The van der Waals surface area contributed by atoms with Crippen molar-refractivity contribution in [3.63, 3.8) is 0 Å². The van der Waals surface area contributed by atoms with Crippen LogP contribution in [-0.2, 0) is 4.79 Å². The van der Waals surface area contributed by atoms with Crippen LogP contribution < -0.4 is 24.8 Å². The second kappa shape index (κ2) is 7.22. The average molecular weight is 296 g/mol. The number of rotatable bonds is 7. The normalized spacial score (nSPS) is 11.8. The molecule has 1 aliphatic rings. The van der Waals surface area contributed by atoms with E-state index in [9.17, 15) is 9.59 Å². The Morgan fingerprint density at radius 3 is 2.76 bits per heavy atom. The predicted molar refractivity (Wildman–Crippen MR) is 71.7 cm³/mol. The van der Waals surface area contributed by atoms with Gasteiger partial charge in [0, 0.05) is 12.6 Å². The van der Waals surface area contributed by atoms with Crippen molar-refractivity contribution in [1.29, 1.82) is 0 Å². The number of carboxylic acids is 1. The van der Waals surface area contributed by atoms with Crippen molar-refractivity contribution in [3.05, 3.63) is 18.2 Å². The smallest absolute Gasteiger partial charge is 0.314 e. The number of ether oxygens (including phenoxy) is 3. The van der Waals surface area contributed by atoms with Gasteiger partial charge in [0.1, 0.15) is 12.4 Å². The molecule has 8 nitrogen and oxygen atoms in total. The molecule has 0 radical (unpaired) electrons. The lowest BCUT2D eigenvalue weighted by molar-refractivity contribution is -0.136. The molecule has 0 atom stereocenters. The Morgan fingerprint density at radius 1 is 1.19 bits per heavy atom. The first-order valence-corrected chi connectivity index (χ1v) is 6.41. The third-order valence-corrected chi connectivity index (χ3v) is 2.62. The van der Waals surface area contributed by atoms with Crippen molar-refractivity contribution in [2.24, 2.45) is 0 Å². The van der Waals surface area contributed by atoms with Crippen LogP contribution in [-0.4, -0.2) is 43.6 Å². The number of benzene rings is 1. The maximum atomic E-state index is 11.3. The van der Waals surface area contributed by atoms with E-state index in [2.05, 4.69) is 10.6 Å². The Morgan fingerprint density at radius 2 is 1.95 bits per heavy atom. The summed E-state index contributed by atoms with van der Waals surface area (Å²) in [5, 5.41) is 13.4. The minimum atomic E-state index is -0.957. The fourth-order valence-corrected chi connectivity index (χ4v) is 1.65. The van der Waals surface area contributed by atoms with Gasteiger partial charge in [-0.2, -0.15) is 0 Å². The molecule has 3 N–H and O–H groups in total. The maximum Gasteiger partial charge on any atom is 0.314 e. The molecule has 0 saturated heterocycles.